The third kappa shape index (κ3) is 4.01. The molecule has 6 nitrogen and oxygen atoms in total. The fourth-order valence-electron chi connectivity index (χ4n) is 2.69. The summed E-state index contributed by atoms with van der Waals surface area (Å²) in [5, 5.41) is 0.956. The molecule has 1 aromatic rings. The molecular formula is C13H24N4O2S2. The first-order valence-corrected chi connectivity index (χ1v) is 9.50. The molecule has 3 N–H and O–H groups in total. The summed E-state index contributed by atoms with van der Waals surface area (Å²) in [4.78, 5) is 5.33. The molecule has 2 rings (SSSR count). The highest BCUT2D eigenvalue weighted by atomic mass is 32.2. The van der Waals surface area contributed by atoms with Crippen LogP contribution in [0.1, 0.15) is 41.4 Å². The largest absolute Gasteiger partial charge is 0.330 e. The molecule has 8 heteroatoms. The number of aromatic nitrogens is 1. The second-order valence-electron chi connectivity index (χ2n) is 5.61. The Hall–Kier alpha value is -0.540. The Morgan fingerprint density at radius 3 is 2.52 bits per heavy atom. The molecule has 0 bridgehead atoms. The Bertz CT molecular complexity index is 577. The standard InChI is InChI=1S/C13H24N4O2S2/c1-9-13(20-11(3)15-9)10(2)16-21(18,19)17-6-4-12(8-14)5-7-17/h10,12,16H,4-8,14H2,1-3H3. The molecule has 1 aliphatic rings. The van der Waals surface area contributed by atoms with E-state index in [1.54, 1.807) is 11.3 Å². The van der Waals surface area contributed by atoms with E-state index in [0.29, 0.717) is 25.6 Å². The van der Waals surface area contributed by atoms with Crippen LogP contribution < -0.4 is 10.5 Å². The Balaban J connectivity index is 2.02. The van der Waals surface area contributed by atoms with Crippen molar-refractivity contribution in [1.29, 1.82) is 0 Å². The van der Waals surface area contributed by atoms with Crippen LogP contribution in [0, 0.1) is 19.8 Å². The van der Waals surface area contributed by atoms with E-state index in [-0.39, 0.29) is 6.04 Å². The number of nitrogens with zero attached hydrogens (tertiary/aromatic N) is 2. The minimum atomic E-state index is -3.45. The van der Waals surface area contributed by atoms with Crippen molar-refractivity contribution in [3.63, 3.8) is 0 Å². The molecule has 0 aromatic carbocycles. The van der Waals surface area contributed by atoms with E-state index in [1.807, 2.05) is 20.8 Å². The minimum absolute atomic E-state index is 0.256. The summed E-state index contributed by atoms with van der Waals surface area (Å²) in [6.07, 6.45) is 1.68. The summed E-state index contributed by atoms with van der Waals surface area (Å²) in [7, 11) is -3.45. The van der Waals surface area contributed by atoms with Gasteiger partial charge in [0.25, 0.3) is 10.2 Å². The summed E-state index contributed by atoms with van der Waals surface area (Å²) in [6, 6.07) is -0.256. The monoisotopic (exact) mass is 332 g/mol. The van der Waals surface area contributed by atoms with Crippen molar-refractivity contribution in [2.24, 2.45) is 11.7 Å². The zero-order valence-electron chi connectivity index (χ0n) is 12.8. The highest BCUT2D eigenvalue weighted by Crippen LogP contribution is 2.26. The van der Waals surface area contributed by atoms with Gasteiger partial charge in [0.1, 0.15) is 0 Å². The van der Waals surface area contributed by atoms with Gasteiger partial charge >= 0.3 is 0 Å². The van der Waals surface area contributed by atoms with Gasteiger partial charge in [0.15, 0.2) is 0 Å². The number of hydrogen-bond acceptors (Lipinski definition) is 5. The lowest BCUT2D eigenvalue weighted by Gasteiger charge is -2.31. The lowest BCUT2D eigenvalue weighted by atomic mass is 9.99. The van der Waals surface area contributed by atoms with E-state index < -0.39 is 10.2 Å². The van der Waals surface area contributed by atoms with E-state index in [4.69, 9.17) is 5.73 Å². The summed E-state index contributed by atoms with van der Waals surface area (Å²) in [6.45, 7) is 7.44. The normalized spacial score (nSPS) is 19.8. The van der Waals surface area contributed by atoms with Crippen LogP contribution in [0.25, 0.3) is 0 Å². The number of aryl methyl sites for hydroxylation is 2. The first-order chi connectivity index (χ1) is 9.83. The van der Waals surface area contributed by atoms with E-state index in [0.717, 1.165) is 28.4 Å². The highest BCUT2D eigenvalue weighted by molar-refractivity contribution is 7.87. The van der Waals surface area contributed by atoms with E-state index in [1.165, 1.54) is 4.31 Å². The predicted octanol–water partition coefficient (Wildman–Crippen LogP) is 1.33. The van der Waals surface area contributed by atoms with Crippen molar-refractivity contribution in [3.05, 3.63) is 15.6 Å². The van der Waals surface area contributed by atoms with Crippen molar-refractivity contribution >= 4 is 21.5 Å². The maximum atomic E-state index is 12.5. The topological polar surface area (TPSA) is 88.3 Å². The number of nitrogens with one attached hydrogen (secondary N) is 1. The van der Waals surface area contributed by atoms with Gasteiger partial charge in [-0.3, -0.25) is 0 Å². The van der Waals surface area contributed by atoms with Gasteiger partial charge in [0, 0.05) is 18.0 Å². The number of thiazole rings is 1. The molecular weight excluding hydrogens is 308 g/mol. The smallest absolute Gasteiger partial charge is 0.280 e. The molecule has 0 spiro atoms. The van der Waals surface area contributed by atoms with Crippen molar-refractivity contribution in [1.82, 2.24) is 14.0 Å². The Labute approximate surface area is 130 Å². The Morgan fingerprint density at radius 1 is 1.43 bits per heavy atom. The van der Waals surface area contributed by atoms with Crippen LogP contribution in [-0.2, 0) is 10.2 Å². The van der Waals surface area contributed by atoms with E-state index >= 15 is 0 Å². The average Bonchev–Trinajstić information content (AvgIpc) is 2.77. The molecule has 1 saturated heterocycles. The van der Waals surface area contributed by atoms with E-state index in [2.05, 4.69) is 9.71 Å². The number of nitrogens with two attached hydrogens (primary N) is 1. The second kappa shape index (κ2) is 6.70. The number of piperidine rings is 1. The van der Waals surface area contributed by atoms with Crippen molar-refractivity contribution in [2.45, 2.75) is 39.7 Å². The molecule has 1 unspecified atom stereocenters. The summed E-state index contributed by atoms with van der Waals surface area (Å²) < 4.78 is 29.2. The van der Waals surface area contributed by atoms with Gasteiger partial charge < -0.3 is 5.73 Å². The minimum Gasteiger partial charge on any atom is -0.330 e. The fourth-order valence-corrected chi connectivity index (χ4v) is 5.10. The van der Waals surface area contributed by atoms with Crippen molar-refractivity contribution in [3.8, 4) is 0 Å². The lowest BCUT2D eigenvalue weighted by molar-refractivity contribution is 0.275. The molecule has 2 heterocycles. The Kier molecular flexibility index (Phi) is 5.37. The molecule has 0 aliphatic carbocycles. The quantitative estimate of drug-likeness (QED) is 0.851. The Morgan fingerprint density at radius 2 is 2.05 bits per heavy atom. The van der Waals surface area contributed by atoms with Gasteiger partial charge in [-0.25, -0.2) is 4.98 Å². The molecule has 0 amide bonds. The van der Waals surface area contributed by atoms with Crippen LogP contribution in [0.2, 0.25) is 0 Å². The summed E-state index contributed by atoms with van der Waals surface area (Å²) in [5.74, 6) is 0.445. The van der Waals surface area contributed by atoms with Gasteiger partial charge in [0.2, 0.25) is 0 Å². The SMILES string of the molecule is Cc1nc(C)c(C(C)NS(=O)(=O)N2CCC(CN)CC2)s1. The van der Waals surface area contributed by atoms with Gasteiger partial charge in [-0.1, -0.05) is 0 Å². The average molecular weight is 332 g/mol. The maximum absolute atomic E-state index is 12.5. The van der Waals surface area contributed by atoms with Crippen LogP contribution in [0.3, 0.4) is 0 Å². The van der Waals surface area contributed by atoms with Gasteiger partial charge in [-0.2, -0.15) is 17.4 Å². The molecule has 0 saturated carbocycles. The van der Waals surface area contributed by atoms with Crippen molar-refractivity contribution < 1.29 is 8.42 Å². The first-order valence-electron chi connectivity index (χ1n) is 7.25. The van der Waals surface area contributed by atoms with Gasteiger partial charge in [-0.05, 0) is 46.1 Å². The van der Waals surface area contributed by atoms with Crippen LogP contribution in [0.5, 0.6) is 0 Å². The summed E-state index contributed by atoms with van der Waals surface area (Å²) in [5.41, 5.74) is 6.54. The molecule has 120 valence electrons. The first kappa shape index (κ1) is 16.8. The fraction of sp³-hybridized carbons (Fsp3) is 0.769. The van der Waals surface area contributed by atoms with E-state index in [9.17, 15) is 8.42 Å². The zero-order valence-corrected chi connectivity index (χ0v) is 14.4. The third-order valence-electron chi connectivity index (χ3n) is 3.91. The summed E-state index contributed by atoms with van der Waals surface area (Å²) >= 11 is 1.54. The molecule has 21 heavy (non-hydrogen) atoms. The number of rotatable bonds is 5. The second-order valence-corrected chi connectivity index (χ2v) is 8.54. The van der Waals surface area contributed by atoms with Crippen LogP contribution in [-0.4, -0.2) is 37.3 Å². The van der Waals surface area contributed by atoms with Crippen molar-refractivity contribution in [2.75, 3.05) is 19.6 Å². The highest BCUT2D eigenvalue weighted by Gasteiger charge is 2.29. The molecule has 1 aliphatic heterocycles. The molecule has 1 fully saturated rings. The molecule has 1 atom stereocenters. The lowest BCUT2D eigenvalue weighted by Crippen LogP contribution is -2.46. The number of hydrogen-bond donors (Lipinski definition) is 2. The molecule has 0 radical (unpaired) electrons. The maximum Gasteiger partial charge on any atom is 0.280 e. The predicted molar refractivity (Wildman–Crippen MR) is 85.4 cm³/mol. The van der Waals surface area contributed by atoms with Crippen LogP contribution in [0.4, 0.5) is 0 Å². The zero-order chi connectivity index (χ0) is 15.6. The molecule has 1 aromatic heterocycles. The van der Waals surface area contributed by atoms with Gasteiger partial charge in [-0.15, -0.1) is 11.3 Å². The third-order valence-corrected chi connectivity index (χ3v) is 6.86. The van der Waals surface area contributed by atoms with Crippen LogP contribution >= 0.6 is 11.3 Å². The van der Waals surface area contributed by atoms with Crippen LogP contribution in [0.15, 0.2) is 0 Å². The van der Waals surface area contributed by atoms with Gasteiger partial charge in [0.05, 0.1) is 16.7 Å².